The SMILES string of the molecule is CCCOC1CCCN(CC(C#N)NC)C1. The number of ether oxygens (including phenoxy) is 1. The topological polar surface area (TPSA) is 48.3 Å². The van der Waals surface area contributed by atoms with E-state index in [-0.39, 0.29) is 6.04 Å². The van der Waals surface area contributed by atoms with Crippen molar-refractivity contribution in [2.45, 2.75) is 38.3 Å². The summed E-state index contributed by atoms with van der Waals surface area (Å²) in [6, 6.07) is 2.20. The molecule has 1 heterocycles. The fraction of sp³-hybridized carbons (Fsp3) is 0.917. The third-order valence-corrected chi connectivity index (χ3v) is 2.97. The van der Waals surface area contributed by atoms with Gasteiger partial charge in [-0.1, -0.05) is 6.92 Å². The normalized spacial score (nSPS) is 23.9. The molecule has 2 atom stereocenters. The molecule has 0 bridgehead atoms. The van der Waals surface area contributed by atoms with E-state index < -0.39 is 0 Å². The molecule has 1 fully saturated rings. The van der Waals surface area contributed by atoms with Crippen LogP contribution < -0.4 is 5.32 Å². The van der Waals surface area contributed by atoms with Crippen LogP contribution in [0.1, 0.15) is 26.2 Å². The summed E-state index contributed by atoms with van der Waals surface area (Å²) in [5, 5.41) is 11.9. The number of nitriles is 1. The Kier molecular flexibility index (Phi) is 6.39. The molecule has 2 unspecified atom stereocenters. The van der Waals surface area contributed by atoms with Gasteiger partial charge in [0.1, 0.15) is 6.04 Å². The van der Waals surface area contributed by atoms with E-state index in [1.54, 1.807) is 0 Å². The highest BCUT2D eigenvalue weighted by Gasteiger charge is 2.21. The first-order valence-corrected chi connectivity index (χ1v) is 6.21. The molecule has 1 aliphatic heterocycles. The van der Waals surface area contributed by atoms with E-state index in [1.165, 1.54) is 6.42 Å². The molecule has 0 aliphatic carbocycles. The van der Waals surface area contributed by atoms with Gasteiger partial charge in [0.15, 0.2) is 0 Å². The summed E-state index contributed by atoms with van der Waals surface area (Å²) in [5.74, 6) is 0. The second-order valence-corrected chi connectivity index (χ2v) is 4.36. The van der Waals surface area contributed by atoms with E-state index in [1.807, 2.05) is 7.05 Å². The van der Waals surface area contributed by atoms with Gasteiger partial charge in [-0.15, -0.1) is 0 Å². The number of nitrogens with one attached hydrogen (secondary N) is 1. The standard InChI is InChI=1S/C12H23N3O/c1-3-7-16-12-5-4-6-15(10-12)9-11(8-13)14-2/h11-12,14H,3-7,9-10H2,1-2H3. The molecule has 0 aromatic rings. The van der Waals surface area contributed by atoms with Crippen LogP contribution in [-0.2, 0) is 4.74 Å². The number of piperidine rings is 1. The van der Waals surface area contributed by atoms with Gasteiger partial charge in [0.25, 0.3) is 0 Å². The van der Waals surface area contributed by atoms with Crippen LogP contribution in [0.5, 0.6) is 0 Å². The highest BCUT2D eigenvalue weighted by molar-refractivity contribution is 4.92. The largest absolute Gasteiger partial charge is 0.377 e. The van der Waals surface area contributed by atoms with Crippen LogP contribution in [0.2, 0.25) is 0 Å². The minimum Gasteiger partial charge on any atom is -0.377 e. The van der Waals surface area contributed by atoms with E-state index >= 15 is 0 Å². The molecule has 0 aromatic carbocycles. The molecule has 1 aliphatic rings. The maximum atomic E-state index is 8.89. The fourth-order valence-corrected chi connectivity index (χ4v) is 2.05. The first kappa shape index (κ1) is 13.4. The van der Waals surface area contributed by atoms with Gasteiger partial charge in [-0.25, -0.2) is 0 Å². The molecular formula is C12H23N3O. The van der Waals surface area contributed by atoms with Crippen molar-refractivity contribution < 1.29 is 4.74 Å². The zero-order valence-corrected chi connectivity index (χ0v) is 10.4. The third kappa shape index (κ3) is 4.48. The number of likely N-dealkylation sites (tertiary alicyclic amines) is 1. The summed E-state index contributed by atoms with van der Waals surface area (Å²) in [4.78, 5) is 2.33. The molecule has 0 aromatic heterocycles. The average Bonchev–Trinajstić information content (AvgIpc) is 2.34. The molecule has 1 rings (SSSR count). The monoisotopic (exact) mass is 225 g/mol. The Morgan fingerprint density at radius 2 is 2.44 bits per heavy atom. The molecule has 0 radical (unpaired) electrons. The van der Waals surface area contributed by atoms with Gasteiger partial charge < -0.3 is 10.1 Å². The van der Waals surface area contributed by atoms with Crippen molar-refractivity contribution in [1.82, 2.24) is 10.2 Å². The van der Waals surface area contributed by atoms with E-state index in [0.717, 1.165) is 39.1 Å². The lowest BCUT2D eigenvalue weighted by molar-refractivity contribution is -0.000844. The number of hydrogen-bond donors (Lipinski definition) is 1. The van der Waals surface area contributed by atoms with Gasteiger partial charge in [0, 0.05) is 19.7 Å². The predicted molar refractivity (Wildman–Crippen MR) is 64.2 cm³/mol. The van der Waals surface area contributed by atoms with Crippen LogP contribution in [0, 0.1) is 11.3 Å². The van der Waals surface area contributed by atoms with Gasteiger partial charge in [-0.2, -0.15) is 5.26 Å². The van der Waals surface area contributed by atoms with Crippen molar-refractivity contribution >= 4 is 0 Å². The van der Waals surface area contributed by atoms with Crippen LogP contribution >= 0.6 is 0 Å². The molecule has 0 spiro atoms. The second kappa shape index (κ2) is 7.61. The van der Waals surface area contributed by atoms with Gasteiger partial charge in [0.05, 0.1) is 12.2 Å². The smallest absolute Gasteiger partial charge is 0.108 e. The van der Waals surface area contributed by atoms with Crippen molar-refractivity contribution in [2.24, 2.45) is 0 Å². The molecule has 92 valence electrons. The molecule has 1 saturated heterocycles. The van der Waals surface area contributed by atoms with Crippen LogP contribution in [0.25, 0.3) is 0 Å². The lowest BCUT2D eigenvalue weighted by Crippen LogP contribution is -2.45. The summed E-state index contributed by atoms with van der Waals surface area (Å²) in [5.41, 5.74) is 0. The Bertz CT molecular complexity index is 227. The van der Waals surface area contributed by atoms with Gasteiger partial charge in [-0.05, 0) is 32.9 Å². The molecule has 16 heavy (non-hydrogen) atoms. The number of likely N-dealkylation sites (N-methyl/N-ethyl adjacent to an activating group) is 1. The van der Waals surface area contributed by atoms with Crippen molar-refractivity contribution in [3.63, 3.8) is 0 Å². The Morgan fingerprint density at radius 3 is 3.06 bits per heavy atom. The van der Waals surface area contributed by atoms with Crippen LogP contribution in [0.3, 0.4) is 0 Å². The summed E-state index contributed by atoms with van der Waals surface area (Å²) >= 11 is 0. The summed E-state index contributed by atoms with van der Waals surface area (Å²) in [6.45, 7) is 5.85. The Labute approximate surface area is 98.6 Å². The zero-order chi connectivity index (χ0) is 11.8. The Morgan fingerprint density at radius 1 is 1.62 bits per heavy atom. The fourth-order valence-electron chi connectivity index (χ4n) is 2.05. The van der Waals surface area contributed by atoms with Crippen molar-refractivity contribution in [1.29, 1.82) is 5.26 Å². The maximum Gasteiger partial charge on any atom is 0.108 e. The maximum absolute atomic E-state index is 8.89. The van der Waals surface area contributed by atoms with Gasteiger partial charge >= 0.3 is 0 Å². The molecule has 4 heteroatoms. The van der Waals surface area contributed by atoms with E-state index in [9.17, 15) is 0 Å². The lowest BCUT2D eigenvalue weighted by atomic mass is 10.1. The molecule has 0 amide bonds. The minimum absolute atomic E-state index is 0.0649. The number of hydrogen-bond acceptors (Lipinski definition) is 4. The molecule has 1 N–H and O–H groups in total. The number of nitrogens with zero attached hydrogens (tertiary/aromatic N) is 2. The summed E-state index contributed by atoms with van der Waals surface area (Å²) in [7, 11) is 1.84. The second-order valence-electron chi connectivity index (χ2n) is 4.36. The molecule has 0 saturated carbocycles. The Balaban J connectivity index is 2.30. The zero-order valence-electron chi connectivity index (χ0n) is 10.4. The Hall–Kier alpha value is -0.630. The third-order valence-electron chi connectivity index (χ3n) is 2.97. The predicted octanol–water partition coefficient (Wildman–Crippen LogP) is 0.989. The average molecular weight is 225 g/mol. The lowest BCUT2D eigenvalue weighted by Gasteiger charge is -2.33. The van der Waals surface area contributed by atoms with Crippen molar-refractivity contribution in [3.8, 4) is 6.07 Å². The molecule has 4 nitrogen and oxygen atoms in total. The quantitative estimate of drug-likeness (QED) is 0.732. The van der Waals surface area contributed by atoms with Crippen LogP contribution in [0.15, 0.2) is 0 Å². The van der Waals surface area contributed by atoms with E-state index in [4.69, 9.17) is 10.00 Å². The highest BCUT2D eigenvalue weighted by atomic mass is 16.5. The van der Waals surface area contributed by atoms with Gasteiger partial charge in [-0.3, -0.25) is 4.90 Å². The first-order valence-electron chi connectivity index (χ1n) is 6.21. The minimum atomic E-state index is -0.0649. The summed E-state index contributed by atoms with van der Waals surface area (Å²) < 4.78 is 5.77. The van der Waals surface area contributed by atoms with E-state index in [0.29, 0.717) is 6.10 Å². The highest BCUT2D eigenvalue weighted by Crippen LogP contribution is 2.13. The van der Waals surface area contributed by atoms with Crippen LogP contribution in [-0.4, -0.2) is 50.3 Å². The van der Waals surface area contributed by atoms with E-state index in [2.05, 4.69) is 23.2 Å². The number of rotatable bonds is 6. The van der Waals surface area contributed by atoms with Crippen molar-refractivity contribution in [3.05, 3.63) is 0 Å². The molecular weight excluding hydrogens is 202 g/mol. The van der Waals surface area contributed by atoms with Crippen LogP contribution in [0.4, 0.5) is 0 Å². The first-order chi connectivity index (χ1) is 7.80. The van der Waals surface area contributed by atoms with Gasteiger partial charge in [0.2, 0.25) is 0 Å². The summed E-state index contributed by atoms with van der Waals surface area (Å²) in [6.07, 6.45) is 3.78. The van der Waals surface area contributed by atoms with Crippen molar-refractivity contribution in [2.75, 3.05) is 33.3 Å².